The standard InChI is InChI=1S/C25H29N15O9/c1-13-12-40(25(49)28-19(13)46)11-6-18(45)34-37-22-30-20(35-32-16(43)4-9-38-7-2-14(41)26-23(38)47)29-21(31-22)36-33-17(44)5-10-39-8-3-15(42)27-24(39)48/h2-3,7-8,12H,4-6,9-11H2,1H3,(H,32,43)(H,33,44)(H,34,45)(H,26,41,47)(H,27,42,48)(H,28,46,49)(H3,29,30,31,35,36,37). The van der Waals surface area contributed by atoms with Crippen LogP contribution in [0.2, 0.25) is 0 Å². The molecule has 49 heavy (non-hydrogen) atoms. The molecule has 4 aromatic heterocycles. The third-order valence-electron chi connectivity index (χ3n) is 6.30. The van der Waals surface area contributed by atoms with Crippen molar-refractivity contribution in [1.82, 2.24) is 59.9 Å². The van der Waals surface area contributed by atoms with Crippen LogP contribution in [0.1, 0.15) is 24.8 Å². The lowest BCUT2D eigenvalue weighted by atomic mass is 10.3. The molecule has 4 heterocycles. The first-order valence-corrected chi connectivity index (χ1v) is 14.2. The zero-order chi connectivity index (χ0) is 35.5. The molecule has 0 fully saturated rings. The van der Waals surface area contributed by atoms with E-state index in [4.69, 9.17) is 0 Å². The van der Waals surface area contributed by atoms with Gasteiger partial charge in [0.2, 0.25) is 35.6 Å². The lowest BCUT2D eigenvalue weighted by molar-refractivity contribution is -0.121. The summed E-state index contributed by atoms with van der Waals surface area (Å²) in [5.74, 6) is -2.70. The Hall–Kier alpha value is -7.14. The van der Waals surface area contributed by atoms with Crippen LogP contribution in [0.5, 0.6) is 0 Å². The number of aryl methyl sites for hydroxylation is 4. The summed E-state index contributed by atoms with van der Waals surface area (Å²) in [6.45, 7) is 1.28. The number of nitrogens with one attached hydrogen (secondary N) is 9. The first-order valence-electron chi connectivity index (χ1n) is 14.2. The molecular weight excluding hydrogens is 654 g/mol. The second kappa shape index (κ2) is 15.9. The van der Waals surface area contributed by atoms with Crippen molar-refractivity contribution in [2.24, 2.45) is 0 Å². The van der Waals surface area contributed by atoms with Gasteiger partial charge in [-0.15, -0.1) is 0 Å². The van der Waals surface area contributed by atoms with Crippen LogP contribution in [0.3, 0.4) is 0 Å². The molecule has 24 nitrogen and oxygen atoms in total. The van der Waals surface area contributed by atoms with Crippen molar-refractivity contribution in [3.05, 3.63) is 98.8 Å². The predicted octanol–water partition coefficient (Wildman–Crippen LogP) is -4.67. The van der Waals surface area contributed by atoms with Crippen LogP contribution in [0.4, 0.5) is 17.8 Å². The highest BCUT2D eigenvalue weighted by Gasteiger charge is 2.12. The van der Waals surface area contributed by atoms with Gasteiger partial charge in [0.1, 0.15) is 0 Å². The summed E-state index contributed by atoms with van der Waals surface area (Å²) in [6.07, 6.45) is 3.15. The van der Waals surface area contributed by atoms with Gasteiger partial charge in [0.25, 0.3) is 16.7 Å². The molecular formula is C25H29N15O9. The minimum atomic E-state index is -0.701. The number of H-pyrrole nitrogens is 3. The fourth-order valence-electron chi connectivity index (χ4n) is 3.80. The predicted molar refractivity (Wildman–Crippen MR) is 168 cm³/mol. The Kier molecular flexibility index (Phi) is 11.3. The largest absolute Gasteiger partial charge is 0.328 e. The van der Waals surface area contributed by atoms with Crippen LogP contribution in [0, 0.1) is 6.92 Å². The highest BCUT2D eigenvalue weighted by Crippen LogP contribution is 2.07. The Morgan fingerprint density at radius 3 is 1.35 bits per heavy atom. The van der Waals surface area contributed by atoms with E-state index in [0.717, 1.165) is 25.8 Å². The molecule has 24 heteroatoms. The number of carbonyl (C=O) groups excluding carboxylic acids is 3. The van der Waals surface area contributed by atoms with Gasteiger partial charge in [0, 0.05) is 75.2 Å². The van der Waals surface area contributed by atoms with Gasteiger partial charge in [-0.2, -0.15) is 15.0 Å². The first kappa shape index (κ1) is 34.7. The summed E-state index contributed by atoms with van der Waals surface area (Å²) in [4.78, 5) is 125. The monoisotopic (exact) mass is 683 g/mol. The van der Waals surface area contributed by atoms with Crippen LogP contribution >= 0.6 is 0 Å². The zero-order valence-electron chi connectivity index (χ0n) is 25.5. The Bertz CT molecular complexity index is 2110. The molecule has 0 aliphatic heterocycles. The summed E-state index contributed by atoms with van der Waals surface area (Å²) in [6, 6.07) is 2.24. The van der Waals surface area contributed by atoms with Crippen molar-refractivity contribution < 1.29 is 14.4 Å². The summed E-state index contributed by atoms with van der Waals surface area (Å²) >= 11 is 0. The van der Waals surface area contributed by atoms with Gasteiger partial charge in [-0.3, -0.25) is 80.8 Å². The van der Waals surface area contributed by atoms with Crippen molar-refractivity contribution >= 4 is 35.6 Å². The van der Waals surface area contributed by atoms with Crippen LogP contribution in [0.15, 0.2) is 59.5 Å². The first-order chi connectivity index (χ1) is 23.4. The number of nitrogens with zero attached hydrogens (tertiary/aromatic N) is 6. The Labute approximate surface area is 271 Å². The number of rotatable bonds is 15. The maximum absolute atomic E-state index is 12.5. The molecule has 4 aromatic rings. The number of hydrogen-bond donors (Lipinski definition) is 9. The summed E-state index contributed by atoms with van der Waals surface area (Å²) in [5, 5.41) is 0. The van der Waals surface area contributed by atoms with E-state index in [1.807, 2.05) is 0 Å². The van der Waals surface area contributed by atoms with Crippen molar-refractivity contribution in [2.45, 2.75) is 45.8 Å². The quantitative estimate of drug-likeness (QED) is 0.0532. The van der Waals surface area contributed by atoms with Crippen LogP contribution in [-0.2, 0) is 34.0 Å². The Balaban J connectivity index is 1.38. The van der Waals surface area contributed by atoms with Gasteiger partial charge in [-0.1, -0.05) is 0 Å². The minimum Gasteiger partial charge on any atom is -0.300 e. The maximum Gasteiger partial charge on any atom is 0.328 e. The van der Waals surface area contributed by atoms with E-state index in [0.29, 0.717) is 0 Å². The number of hydrazine groups is 3. The second-order valence-electron chi connectivity index (χ2n) is 9.95. The van der Waals surface area contributed by atoms with E-state index in [-0.39, 0.29) is 62.3 Å². The smallest absolute Gasteiger partial charge is 0.300 e. The van der Waals surface area contributed by atoms with Gasteiger partial charge in [0.15, 0.2) is 0 Å². The minimum absolute atomic E-state index is 0.0742. The molecule has 0 atom stereocenters. The Morgan fingerprint density at radius 2 is 0.959 bits per heavy atom. The molecule has 0 bridgehead atoms. The maximum atomic E-state index is 12.5. The number of anilines is 3. The number of carbonyl (C=O) groups is 3. The molecule has 3 amide bonds. The van der Waals surface area contributed by atoms with Crippen molar-refractivity contribution in [1.29, 1.82) is 0 Å². The third-order valence-corrected chi connectivity index (χ3v) is 6.30. The fourth-order valence-corrected chi connectivity index (χ4v) is 3.80. The fraction of sp³-hybridized carbons (Fsp3) is 0.280. The number of aromatic amines is 3. The zero-order valence-corrected chi connectivity index (χ0v) is 25.5. The summed E-state index contributed by atoms with van der Waals surface area (Å²) < 4.78 is 3.37. The molecule has 9 N–H and O–H groups in total. The van der Waals surface area contributed by atoms with Crippen LogP contribution in [0.25, 0.3) is 0 Å². The number of hydrogen-bond acceptors (Lipinski definition) is 15. The average Bonchev–Trinajstić information content (AvgIpc) is 3.05. The Morgan fingerprint density at radius 1 is 0.592 bits per heavy atom. The third kappa shape index (κ3) is 10.4. The molecule has 0 aliphatic carbocycles. The average molecular weight is 684 g/mol. The molecule has 0 radical (unpaired) electrons. The highest BCUT2D eigenvalue weighted by atomic mass is 16.2. The molecule has 0 spiro atoms. The molecule has 0 aliphatic rings. The van der Waals surface area contributed by atoms with Crippen LogP contribution < -0.4 is 66.3 Å². The second-order valence-corrected chi connectivity index (χ2v) is 9.95. The van der Waals surface area contributed by atoms with Gasteiger partial charge in [-0.25, -0.2) is 14.4 Å². The van der Waals surface area contributed by atoms with E-state index < -0.39 is 51.5 Å². The number of aromatic nitrogens is 9. The molecule has 4 rings (SSSR count). The van der Waals surface area contributed by atoms with Gasteiger partial charge >= 0.3 is 17.1 Å². The topological polar surface area (TPSA) is 327 Å². The molecule has 0 saturated carbocycles. The SMILES string of the molecule is Cc1cn(CCC(=O)NNc2nc(NNC(=O)CCn3ccc(=O)[nH]c3=O)nc(NNC(=O)CCn3ccc(=O)[nH]c3=O)n2)c(=O)[nH]c1=O. The number of amides is 3. The van der Waals surface area contributed by atoms with E-state index in [1.54, 1.807) is 0 Å². The lowest BCUT2D eigenvalue weighted by Gasteiger charge is -2.13. The molecule has 0 unspecified atom stereocenters. The molecule has 258 valence electrons. The van der Waals surface area contributed by atoms with Crippen molar-refractivity contribution in [3.63, 3.8) is 0 Å². The highest BCUT2D eigenvalue weighted by molar-refractivity contribution is 5.78. The van der Waals surface area contributed by atoms with Crippen LogP contribution in [-0.4, -0.2) is 61.3 Å². The molecule has 0 aromatic carbocycles. The van der Waals surface area contributed by atoms with Gasteiger partial charge < -0.3 is 9.13 Å². The van der Waals surface area contributed by atoms with Gasteiger partial charge in [-0.05, 0) is 6.92 Å². The van der Waals surface area contributed by atoms with Crippen molar-refractivity contribution in [3.8, 4) is 0 Å². The van der Waals surface area contributed by atoms with E-state index in [1.165, 1.54) is 25.5 Å². The van der Waals surface area contributed by atoms with E-state index in [2.05, 4.69) is 62.5 Å². The van der Waals surface area contributed by atoms with Crippen molar-refractivity contribution in [2.75, 3.05) is 16.3 Å². The van der Waals surface area contributed by atoms with E-state index in [9.17, 15) is 43.2 Å². The summed E-state index contributed by atoms with van der Waals surface area (Å²) in [5.41, 5.74) is 10.7. The summed E-state index contributed by atoms with van der Waals surface area (Å²) in [7, 11) is 0. The van der Waals surface area contributed by atoms with Gasteiger partial charge in [0.05, 0.1) is 0 Å². The molecule has 0 saturated heterocycles. The van der Waals surface area contributed by atoms with E-state index >= 15 is 0 Å². The normalized spacial score (nSPS) is 10.6. The lowest BCUT2D eigenvalue weighted by Crippen LogP contribution is -2.36.